The lowest BCUT2D eigenvalue weighted by atomic mass is 9.98. The number of carbonyl (C=O) groups is 2. The molecule has 3 heterocycles. The Hall–Kier alpha value is -3.52. The number of likely N-dealkylation sites (tertiary alicyclic amines) is 1. The molecule has 0 atom stereocenters. The fraction of sp³-hybridized carbons (Fsp3) is 0.407. The van der Waals surface area contributed by atoms with E-state index in [4.69, 9.17) is 9.47 Å². The molecule has 0 spiro atoms. The van der Waals surface area contributed by atoms with Crippen LogP contribution in [-0.2, 0) is 17.8 Å². The summed E-state index contributed by atoms with van der Waals surface area (Å²) in [5.74, 6) is -0.132. The molecule has 8 nitrogen and oxygen atoms in total. The lowest BCUT2D eigenvalue weighted by Crippen LogP contribution is -2.27. The molecule has 1 aromatic heterocycles. The van der Waals surface area contributed by atoms with Gasteiger partial charge in [-0.25, -0.2) is 9.36 Å². The second-order valence-electron chi connectivity index (χ2n) is 10.2. The molecule has 1 fully saturated rings. The maximum Gasteiger partial charge on any atom is 0.419 e. The van der Waals surface area contributed by atoms with Crippen molar-refractivity contribution in [1.29, 1.82) is 0 Å². The summed E-state index contributed by atoms with van der Waals surface area (Å²) in [7, 11) is 1.46. The highest BCUT2D eigenvalue weighted by atomic mass is 16.6. The van der Waals surface area contributed by atoms with Crippen molar-refractivity contribution in [2.24, 2.45) is 0 Å². The van der Waals surface area contributed by atoms with Crippen LogP contribution in [0.25, 0.3) is 22.2 Å². The van der Waals surface area contributed by atoms with E-state index in [1.54, 1.807) is 6.07 Å². The summed E-state index contributed by atoms with van der Waals surface area (Å²) in [6, 6.07) is 9.59. The molecule has 0 radical (unpaired) electrons. The second kappa shape index (κ2) is 8.61. The second-order valence-corrected chi connectivity index (χ2v) is 10.2. The molecule has 2 aliphatic heterocycles. The molecule has 1 saturated heterocycles. The summed E-state index contributed by atoms with van der Waals surface area (Å²) in [5.41, 5.74) is 2.98. The quantitative estimate of drug-likeness (QED) is 0.569. The maximum absolute atomic E-state index is 13.4. The van der Waals surface area contributed by atoms with Crippen molar-refractivity contribution in [3.63, 3.8) is 0 Å². The molecule has 5 rings (SSSR count). The van der Waals surface area contributed by atoms with E-state index in [0.717, 1.165) is 25.0 Å². The molecule has 8 heteroatoms. The monoisotopic (exact) mass is 477 g/mol. The van der Waals surface area contributed by atoms with E-state index in [2.05, 4.69) is 16.3 Å². The standard InChI is InChI=1S/C27H31N3O5/c1-27(2,3)35-26(33)30-20-8-7-16(15-29-9-5-6-10-29)11-17(20)12-21(30)18-13-22(34-4)24(31)19-14-28-25(32)23(18)19/h7-8,11-13,31H,5-6,9-10,14-15H2,1-4H3,(H,28,32). The van der Waals surface area contributed by atoms with E-state index >= 15 is 0 Å². The Balaban J connectivity index is 1.71. The highest BCUT2D eigenvalue weighted by Crippen LogP contribution is 2.43. The van der Waals surface area contributed by atoms with E-state index in [1.807, 2.05) is 39.0 Å². The number of phenolic OH excluding ortho intramolecular Hbond substituents is 1. The number of amides is 1. The number of hydrogen-bond acceptors (Lipinski definition) is 6. The number of hydrogen-bond donors (Lipinski definition) is 2. The normalized spacial score (nSPS) is 15.9. The first kappa shape index (κ1) is 23.2. The predicted molar refractivity (Wildman–Crippen MR) is 133 cm³/mol. The molecular weight excluding hydrogens is 446 g/mol. The first-order valence-corrected chi connectivity index (χ1v) is 12.0. The summed E-state index contributed by atoms with van der Waals surface area (Å²) in [6.07, 6.45) is 1.91. The van der Waals surface area contributed by atoms with Crippen molar-refractivity contribution < 1.29 is 24.2 Å². The number of benzene rings is 2. The maximum atomic E-state index is 13.4. The van der Waals surface area contributed by atoms with Crippen LogP contribution in [0.4, 0.5) is 4.79 Å². The number of aromatic hydroxyl groups is 1. The predicted octanol–water partition coefficient (Wildman–Crippen LogP) is 4.64. The fourth-order valence-electron chi connectivity index (χ4n) is 5.01. The molecule has 0 saturated carbocycles. The minimum absolute atomic E-state index is 0.0718. The molecule has 2 N–H and O–H groups in total. The van der Waals surface area contributed by atoms with Crippen LogP contribution in [0.2, 0.25) is 0 Å². The van der Waals surface area contributed by atoms with E-state index < -0.39 is 11.7 Å². The molecule has 184 valence electrons. The van der Waals surface area contributed by atoms with Crippen LogP contribution in [0.5, 0.6) is 11.5 Å². The molecule has 2 aromatic carbocycles. The van der Waals surface area contributed by atoms with Gasteiger partial charge in [-0.15, -0.1) is 0 Å². The highest BCUT2D eigenvalue weighted by molar-refractivity contribution is 6.08. The molecule has 0 bridgehead atoms. The van der Waals surface area contributed by atoms with Gasteiger partial charge in [0, 0.05) is 29.6 Å². The summed E-state index contributed by atoms with van der Waals surface area (Å²) >= 11 is 0. The van der Waals surface area contributed by atoms with Crippen LogP contribution in [0.15, 0.2) is 30.3 Å². The Morgan fingerprint density at radius 1 is 1.14 bits per heavy atom. The lowest BCUT2D eigenvalue weighted by Gasteiger charge is -2.21. The number of methoxy groups -OCH3 is 1. The first-order valence-electron chi connectivity index (χ1n) is 12.0. The van der Waals surface area contributed by atoms with E-state index in [1.165, 1.54) is 30.1 Å². The Kier molecular flexibility index (Phi) is 5.71. The number of nitrogens with zero attached hydrogens (tertiary/aromatic N) is 2. The number of rotatable bonds is 4. The number of nitrogens with one attached hydrogen (secondary N) is 1. The minimum Gasteiger partial charge on any atom is -0.504 e. The van der Waals surface area contributed by atoms with Crippen molar-refractivity contribution in [2.45, 2.75) is 52.3 Å². The Bertz CT molecular complexity index is 1330. The van der Waals surface area contributed by atoms with Gasteiger partial charge in [0.05, 0.1) is 23.9 Å². The molecule has 35 heavy (non-hydrogen) atoms. The van der Waals surface area contributed by atoms with Gasteiger partial charge in [0.25, 0.3) is 5.91 Å². The SMILES string of the molecule is COc1cc(-c2cc3cc(CN4CCCC4)ccc3n2C(=O)OC(C)(C)C)c2c(c1O)CNC2=O. The summed E-state index contributed by atoms with van der Waals surface area (Å²) in [5, 5.41) is 14.3. The average molecular weight is 478 g/mol. The lowest BCUT2D eigenvalue weighted by molar-refractivity contribution is 0.0547. The third-order valence-electron chi connectivity index (χ3n) is 6.56. The van der Waals surface area contributed by atoms with Gasteiger partial charge in [-0.1, -0.05) is 6.07 Å². The molecule has 0 aliphatic carbocycles. The van der Waals surface area contributed by atoms with Gasteiger partial charge in [-0.2, -0.15) is 0 Å². The Morgan fingerprint density at radius 2 is 1.89 bits per heavy atom. The zero-order valence-electron chi connectivity index (χ0n) is 20.6. The van der Waals surface area contributed by atoms with Crippen LogP contribution in [0.1, 0.15) is 55.1 Å². The Morgan fingerprint density at radius 3 is 2.57 bits per heavy atom. The van der Waals surface area contributed by atoms with Gasteiger partial charge in [-0.3, -0.25) is 9.69 Å². The van der Waals surface area contributed by atoms with Gasteiger partial charge in [0.2, 0.25) is 0 Å². The number of ether oxygens (including phenoxy) is 2. The van der Waals surface area contributed by atoms with Gasteiger partial charge in [0.15, 0.2) is 11.5 Å². The van der Waals surface area contributed by atoms with Crippen LogP contribution < -0.4 is 10.1 Å². The van der Waals surface area contributed by atoms with Crippen LogP contribution in [-0.4, -0.2) is 52.4 Å². The van der Waals surface area contributed by atoms with Crippen molar-refractivity contribution in [2.75, 3.05) is 20.2 Å². The molecular formula is C27H31N3O5. The number of carbonyl (C=O) groups excluding carboxylic acids is 2. The van der Waals surface area contributed by atoms with Crippen LogP contribution in [0, 0.1) is 0 Å². The molecule has 3 aromatic rings. The molecule has 2 aliphatic rings. The highest BCUT2D eigenvalue weighted by Gasteiger charge is 2.32. The van der Waals surface area contributed by atoms with Crippen molar-refractivity contribution in [3.8, 4) is 22.8 Å². The van der Waals surface area contributed by atoms with E-state index in [-0.39, 0.29) is 24.0 Å². The minimum atomic E-state index is -0.702. The van der Waals surface area contributed by atoms with Gasteiger partial charge >= 0.3 is 6.09 Å². The van der Waals surface area contributed by atoms with Crippen LogP contribution in [0.3, 0.4) is 0 Å². The zero-order chi connectivity index (χ0) is 24.9. The topological polar surface area (TPSA) is 93.0 Å². The smallest absolute Gasteiger partial charge is 0.419 e. The molecule has 0 unspecified atom stereocenters. The fourth-order valence-corrected chi connectivity index (χ4v) is 5.01. The van der Waals surface area contributed by atoms with E-state index in [9.17, 15) is 14.7 Å². The van der Waals surface area contributed by atoms with Crippen molar-refractivity contribution in [3.05, 3.63) is 47.0 Å². The third-order valence-corrected chi connectivity index (χ3v) is 6.56. The largest absolute Gasteiger partial charge is 0.504 e. The summed E-state index contributed by atoms with van der Waals surface area (Å²) < 4.78 is 12.7. The van der Waals surface area contributed by atoms with Gasteiger partial charge < -0.3 is 19.9 Å². The van der Waals surface area contributed by atoms with E-state index in [0.29, 0.717) is 27.9 Å². The van der Waals surface area contributed by atoms with Crippen molar-refractivity contribution in [1.82, 2.24) is 14.8 Å². The van der Waals surface area contributed by atoms with Crippen LogP contribution >= 0.6 is 0 Å². The van der Waals surface area contributed by atoms with Gasteiger partial charge in [-0.05, 0) is 76.5 Å². The average Bonchev–Trinajstić information content (AvgIpc) is 3.52. The first-order chi connectivity index (χ1) is 16.7. The number of aromatic nitrogens is 1. The molecule has 1 amide bonds. The number of fused-ring (bicyclic) bond motifs is 2. The zero-order valence-corrected chi connectivity index (χ0v) is 20.6. The number of phenols is 1. The third kappa shape index (κ3) is 4.23. The summed E-state index contributed by atoms with van der Waals surface area (Å²) in [6.45, 7) is 8.69. The Labute approximate surface area is 204 Å². The summed E-state index contributed by atoms with van der Waals surface area (Å²) in [4.78, 5) is 28.7. The van der Waals surface area contributed by atoms with Gasteiger partial charge in [0.1, 0.15) is 5.60 Å². The van der Waals surface area contributed by atoms with Crippen molar-refractivity contribution >= 4 is 22.9 Å².